The summed E-state index contributed by atoms with van der Waals surface area (Å²) in [5.74, 6) is -0.643. The van der Waals surface area contributed by atoms with Crippen LogP contribution in [0.3, 0.4) is 0 Å². The molecule has 2 amide bonds. The van der Waals surface area contributed by atoms with Crippen molar-refractivity contribution >= 4 is 40.9 Å². The van der Waals surface area contributed by atoms with Gasteiger partial charge in [0.15, 0.2) is 0 Å². The Kier molecular flexibility index (Phi) is 4.96. The first-order chi connectivity index (χ1) is 9.92. The van der Waals surface area contributed by atoms with Crippen LogP contribution in [-0.4, -0.2) is 35.1 Å². The number of carboxylic acids is 1. The summed E-state index contributed by atoms with van der Waals surface area (Å²) in [5, 5.41) is 12.1. The van der Waals surface area contributed by atoms with Crippen molar-refractivity contribution in [3.63, 3.8) is 0 Å². The zero-order chi connectivity index (χ0) is 15.6. The molecule has 1 aromatic rings. The molecule has 0 spiro atoms. The lowest BCUT2D eigenvalue weighted by Crippen LogP contribution is -2.36. The first-order valence-electron chi connectivity index (χ1n) is 6.70. The summed E-state index contributed by atoms with van der Waals surface area (Å²) in [6, 6.07) is 2.32. The lowest BCUT2D eigenvalue weighted by molar-refractivity contribution is 0.0698. The standard InChI is InChI=1S/C14H16Cl2N2O3/c1-2-18(7-8-3-4-8)14(21)17-12-10(13(19)20)5-9(15)6-11(12)16/h5-6,8H,2-4,7H2,1H3,(H,17,21)(H,19,20). The Bertz CT molecular complexity index is 574. The predicted molar refractivity (Wildman–Crippen MR) is 82.4 cm³/mol. The van der Waals surface area contributed by atoms with E-state index in [4.69, 9.17) is 23.2 Å². The van der Waals surface area contributed by atoms with Gasteiger partial charge in [-0.15, -0.1) is 0 Å². The monoisotopic (exact) mass is 330 g/mol. The van der Waals surface area contributed by atoms with Crippen LogP contribution < -0.4 is 5.32 Å². The second-order valence-electron chi connectivity index (χ2n) is 5.03. The van der Waals surface area contributed by atoms with E-state index in [0.717, 1.165) is 12.8 Å². The molecule has 1 saturated carbocycles. The van der Waals surface area contributed by atoms with Gasteiger partial charge in [0.2, 0.25) is 0 Å². The largest absolute Gasteiger partial charge is 0.478 e. The molecule has 0 aromatic heterocycles. The van der Waals surface area contributed by atoms with Crippen LogP contribution in [0.4, 0.5) is 10.5 Å². The fourth-order valence-electron chi connectivity index (χ4n) is 2.02. The number of nitrogens with zero attached hydrogens (tertiary/aromatic N) is 1. The molecule has 0 atom stereocenters. The number of carboxylic acid groups (broad SMARTS) is 1. The maximum Gasteiger partial charge on any atom is 0.337 e. The minimum atomic E-state index is -1.19. The summed E-state index contributed by atoms with van der Waals surface area (Å²) < 4.78 is 0. The van der Waals surface area contributed by atoms with Crippen molar-refractivity contribution in [2.24, 2.45) is 5.92 Å². The van der Waals surface area contributed by atoms with Gasteiger partial charge in [-0.05, 0) is 37.8 Å². The highest BCUT2D eigenvalue weighted by Gasteiger charge is 2.27. The van der Waals surface area contributed by atoms with Crippen LogP contribution in [0.1, 0.15) is 30.1 Å². The number of benzene rings is 1. The number of carbonyl (C=O) groups is 2. The van der Waals surface area contributed by atoms with Gasteiger partial charge >= 0.3 is 12.0 Å². The summed E-state index contributed by atoms with van der Waals surface area (Å²) in [6.07, 6.45) is 2.26. The molecule has 0 radical (unpaired) electrons. The topological polar surface area (TPSA) is 69.6 Å². The minimum Gasteiger partial charge on any atom is -0.478 e. The zero-order valence-electron chi connectivity index (χ0n) is 11.5. The first kappa shape index (κ1) is 15.9. The minimum absolute atomic E-state index is 0.0767. The second-order valence-corrected chi connectivity index (χ2v) is 5.87. The van der Waals surface area contributed by atoms with Crippen LogP contribution in [0.25, 0.3) is 0 Å². The van der Waals surface area contributed by atoms with Gasteiger partial charge in [0.25, 0.3) is 0 Å². The van der Waals surface area contributed by atoms with Gasteiger partial charge in [-0.25, -0.2) is 9.59 Å². The third-order valence-electron chi connectivity index (χ3n) is 3.36. The lowest BCUT2D eigenvalue weighted by atomic mass is 10.2. The normalized spacial score (nSPS) is 13.9. The predicted octanol–water partition coefficient (Wildman–Crippen LogP) is 3.96. The van der Waals surface area contributed by atoms with Crippen LogP contribution >= 0.6 is 23.2 Å². The number of hydrogen-bond donors (Lipinski definition) is 2. The number of rotatable bonds is 5. The Morgan fingerprint density at radius 2 is 2.05 bits per heavy atom. The molecule has 2 rings (SSSR count). The molecule has 0 unspecified atom stereocenters. The van der Waals surface area contributed by atoms with Crippen LogP contribution in [0.2, 0.25) is 10.0 Å². The highest BCUT2D eigenvalue weighted by Crippen LogP contribution is 2.32. The van der Waals surface area contributed by atoms with E-state index in [2.05, 4.69) is 5.32 Å². The molecule has 1 aliphatic rings. The van der Waals surface area contributed by atoms with Gasteiger partial charge in [-0.2, -0.15) is 0 Å². The molecule has 5 nitrogen and oxygen atoms in total. The molecular weight excluding hydrogens is 315 g/mol. The lowest BCUT2D eigenvalue weighted by Gasteiger charge is -2.22. The summed E-state index contributed by atoms with van der Waals surface area (Å²) in [5.41, 5.74) is -0.0452. The van der Waals surface area contributed by atoms with E-state index in [0.29, 0.717) is 19.0 Å². The Morgan fingerprint density at radius 1 is 1.38 bits per heavy atom. The number of amides is 2. The fraction of sp³-hybridized carbons (Fsp3) is 0.429. The molecule has 0 bridgehead atoms. The van der Waals surface area contributed by atoms with Crippen molar-refractivity contribution in [1.82, 2.24) is 4.90 Å². The Labute approximate surface area is 132 Å². The highest BCUT2D eigenvalue weighted by molar-refractivity contribution is 6.37. The second kappa shape index (κ2) is 6.54. The van der Waals surface area contributed by atoms with E-state index < -0.39 is 5.97 Å². The average Bonchev–Trinajstić information content (AvgIpc) is 3.22. The van der Waals surface area contributed by atoms with Crippen LogP contribution in [0.5, 0.6) is 0 Å². The first-order valence-corrected chi connectivity index (χ1v) is 7.46. The van der Waals surface area contributed by atoms with Gasteiger partial charge in [-0.3, -0.25) is 0 Å². The molecule has 0 aliphatic heterocycles. The SMILES string of the molecule is CCN(CC1CC1)C(=O)Nc1c(Cl)cc(Cl)cc1C(=O)O. The number of carbonyl (C=O) groups excluding carboxylic acids is 1. The maximum absolute atomic E-state index is 12.2. The third kappa shape index (κ3) is 4.02. The van der Waals surface area contributed by atoms with Crippen molar-refractivity contribution in [3.8, 4) is 0 Å². The molecule has 1 aromatic carbocycles. The number of nitrogens with one attached hydrogen (secondary N) is 1. The van der Waals surface area contributed by atoms with Crippen molar-refractivity contribution < 1.29 is 14.7 Å². The number of hydrogen-bond acceptors (Lipinski definition) is 2. The Hall–Kier alpha value is -1.46. The van der Waals surface area contributed by atoms with E-state index in [9.17, 15) is 14.7 Å². The molecule has 0 heterocycles. The van der Waals surface area contributed by atoms with E-state index in [1.807, 2.05) is 6.92 Å². The molecule has 1 aliphatic carbocycles. The molecular formula is C14H16Cl2N2O3. The van der Waals surface area contributed by atoms with E-state index in [1.165, 1.54) is 12.1 Å². The quantitative estimate of drug-likeness (QED) is 0.858. The molecule has 21 heavy (non-hydrogen) atoms. The Morgan fingerprint density at radius 3 is 2.57 bits per heavy atom. The van der Waals surface area contributed by atoms with E-state index >= 15 is 0 Å². The summed E-state index contributed by atoms with van der Waals surface area (Å²) >= 11 is 11.8. The van der Waals surface area contributed by atoms with Crippen molar-refractivity contribution in [1.29, 1.82) is 0 Å². The fourth-order valence-corrected chi connectivity index (χ4v) is 2.56. The molecule has 2 N–H and O–H groups in total. The number of halogens is 2. The highest BCUT2D eigenvalue weighted by atomic mass is 35.5. The van der Waals surface area contributed by atoms with Crippen molar-refractivity contribution in [3.05, 3.63) is 27.7 Å². The molecule has 7 heteroatoms. The Balaban J connectivity index is 2.21. The number of aromatic carboxylic acids is 1. The van der Waals surface area contributed by atoms with Crippen molar-refractivity contribution in [2.75, 3.05) is 18.4 Å². The molecule has 114 valence electrons. The number of anilines is 1. The van der Waals surface area contributed by atoms with Gasteiger partial charge < -0.3 is 15.3 Å². The third-order valence-corrected chi connectivity index (χ3v) is 3.88. The molecule has 0 saturated heterocycles. The summed E-state index contributed by atoms with van der Waals surface area (Å²) in [4.78, 5) is 25.1. The maximum atomic E-state index is 12.2. The summed E-state index contributed by atoms with van der Waals surface area (Å²) in [7, 11) is 0. The van der Waals surface area contributed by atoms with Gasteiger partial charge in [0.1, 0.15) is 0 Å². The molecule has 1 fully saturated rings. The van der Waals surface area contributed by atoms with Crippen LogP contribution in [-0.2, 0) is 0 Å². The van der Waals surface area contributed by atoms with E-state index in [-0.39, 0.29) is 27.3 Å². The van der Waals surface area contributed by atoms with Crippen LogP contribution in [0, 0.1) is 5.92 Å². The number of urea groups is 1. The van der Waals surface area contributed by atoms with Gasteiger partial charge in [-0.1, -0.05) is 23.2 Å². The average molecular weight is 331 g/mol. The summed E-state index contributed by atoms with van der Waals surface area (Å²) in [6.45, 7) is 3.11. The van der Waals surface area contributed by atoms with E-state index in [1.54, 1.807) is 4.90 Å². The van der Waals surface area contributed by atoms with Crippen molar-refractivity contribution in [2.45, 2.75) is 19.8 Å². The van der Waals surface area contributed by atoms with Crippen LogP contribution in [0.15, 0.2) is 12.1 Å². The van der Waals surface area contributed by atoms with Gasteiger partial charge in [0.05, 0.1) is 16.3 Å². The zero-order valence-corrected chi connectivity index (χ0v) is 13.0. The van der Waals surface area contributed by atoms with Gasteiger partial charge in [0, 0.05) is 18.1 Å². The smallest absolute Gasteiger partial charge is 0.337 e.